The third-order valence-corrected chi connectivity index (χ3v) is 1.59. The number of hydrogen-bond donors (Lipinski definition) is 1. The highest BCUT2D eigenvalue weighted by molar-refractivity contribution is 5.81. The largest absolute Gasteiger partial charge is 0.384 e. The second kappa shape index (κ2) is 4.50. The Labute approximate surface area is 78.2 Å². The molecule has 0 aliphatic heterocycles. The lowest BCUT2D eigenvalue weighted by Crippen LogP contribution is -2.19. The molecule has 0 fully saturated rings. The summed E-state index contributed by atoms with van der Waals surface area (Å²) in [6.07, 6.45) is 0. The first-order chi connectivity index (χ1) is 6.20. The molecule has 0 spiro atoms. The molecule has 0 saturated carbocycles. The summed E-state index contributed by atoms with van der Waals surface area (Å²) in [7, 11) is 0. The van der Waals surface area contributed by atoms with Crippen LogP contribution in [0.4, 0.5) is 0 Å². The highest BCUT2D eigenvalue weighted by Gasteiger charge is 1.99. The van der Waals surface area contributed by atoms with E-state index in [4.69, 9.17) is 10.6 Å². The van der Waals surface area contributed by atoms with E-state index >= 15 is 0 Å². The van der Waals surface area contributed by atoms with Gasteiger partial charge in [-0.05, 0) is 12.1 Å². The van der Waals surface area contributed by atoms with Crippen molar-refractivity contribution in [3.05, 3.63) is 30.3 Å². The smallest absolute Gasteiger partial charge is 0.158 e. The highest BCUT2D eigenvalue weighted by Crippen LogP contribution is 2.08. The maximum absolute atomic E-state index is 5.59. The van der Waals surface area contributed by atoms with Gasteiger partial charge in [0.05, 0.1) is 0 Å². The van der Waals surface area contributed by atoms with E-state index in [1.54, 1.807) is 0 Å². The molecular formula is C10H14N2O. The summed E-state index contributed by atoms with van der Waals surface area (Å²) in [5.74, 6) is 1.42. The minimum Gasteiger partial charge on any atom is -0.384 e. The molecule has 70 valence electrons. The molecule has 0 saturated heterocycles. The summed E-state index contributed by atoms with van der Waals surface area (Å²) >= 11 is 0. The van der Waals surface area contributed by atoms with E-state index in [0.717, 1.165) is 0 Å². The van der Waals surface area contributed by atoms with Crippen LogP contribution >= 0.6 is 0 Å². The molecule has 1 aromatic carbocycles. The van der Waals surface area contributed by atoms with Crippen LogP contribution in [0.1, 0.15) is 13.8 Å². The van der Waals surface area contributed by atoms with Crippen LogP contribution in [0.5, 0.6) is 5.75 Å². The summed E-state index contributed by atoms with van der Waals surface area (Å²) in [5.41, 5.74) is 5.59. The van der Waals surface area contributed by atoms with Gasteiger partial charge in [-0.3, -0.25) is 0 Å². The van der Waals surface area contributed by atoms with Crippen LogP contribution < -0.4 is 10.6 Å². The summed E-state index contributed by atoms with van der Waals surface area (Å²) in [6.45, 7) is 3.93. The highest BCUT2D eigenvalue weighted by atomic mass is 16.6. The zero-order chi connectivity index (χ0) is 9.68. The zero-order valence-electron chi connectivity index (χ0n) is 7.90. The van der Waals surface area contributed by atoms with E-state index in [9.17, 15) is 0 Å². The molecule has 0 atom stereocenters. The van der Waals surface area contributed by atoms with Gasteiger partial charge in [0.2, 0.25) is 0 Å². The fraction of sp³-hybridized carbons (Fsp3) is 0.300. The molecule has 0 radical (unpaired) electrons. The van der Waals surface area contributed by atoms with Gasteiger partial charge in [-0.2, -0.15) is 0 Å². The first-order valence-corrected chi connectivity index (χ1v) is 4.25. The minimum atomic E-state index is 0.212. The van der Waals surface area contributed by atoms with Crippen LogP contribution in [-0.4, -0.2) is 5.84 Å². The second-order valence-electron chi connectivity index (χ2n) is 3.08. The number of amidine groups is 1. The predicted molar refractivity (Wildman–Crippen MR) is 53.5 cm³/mol. The number of benzene rings is 1. The Balaban J connectivity index is 2.57. The molecule has 0 aliphatic rings. The van der Waals surface area contributed by atoms with Crippen molar-refractivity contribution >= 4 is 5.84 Å². The van der Waals surface area contributed by atoms with Gasteiger partial charge in [0.1, 0.15) is 5.84 Å². The monoisotopic (exact) mass is 178 g/mol. The van der Waals surface area contributed by atoms with Gasteiger partial charge in [-0.15, -0.1) is 0 Å². The molecule has 0 amide bonds. The number of oxime groups is 1. The molecular weight excluding hydrogens is 164 g/mol. The minimum absolute atomic E-state index is 0.212. The van der Waals surface area contributed by atoms with E-state index in [0.29, 0.717) is 11.6 Å². The van der Waals surface area contributed by atoms with E-state index in [2.05, 4.69) is 5.16 Å². The third kappa shape index (κ3) is 3.15. The van der Waals surface area contributed by atoms with Gasteiger partial charge in [-0.25, -0.2) is 0 Å². The molecule has 0 heterocycles. The summed E-state index contributed by atoms with van der Waals surface area (Å²) in [4.78, 5) is 5.09. The van der Waals surface area contributed by atoms with E-state index < -0.39 is 0 Å². The van der Waals surface area contributed by atoms with Crippen molar-refractivity contribution in [1.82, 2.24) is 0 Å². The molecule has 0 aliphatic carbocycles. The van der Waals surface area contributed by atoms with Crippen molar-refractivity contribution in [1.29, 1.82) is 0 Å². The lowest BCUT2D eigenvalue weighted by atomic mass is 10.2. The first-order valence-electron chi connectivity index (χ1n) is 4.25. The van der Waals surface area contributed by atoms with Gasteiger partial charge in [0.25, 0.3) is 0 Å². The zero-order valence-corrected chi connectivity index (χ0v) is 7.90. The molecule has 1 aromatic rings. The number of hydrogen-bond acceptors (Lipinski definition) is 2. The van der Waals surface area contributed by atoms with E-state index in [1.165, 1.54) is 0 Å². The van der Waals surface area contributed by atoms with Crippen LogP contribution in [0.3, 0.4) is 0 Å². The van der Waals surface area contributed by atoms with E-state index in [-0.39, 0.29) is 5.92 Å². The van der Waals surface area contributed by atoms with Crippen LogP contribution in [0.15, 0.2) is 35.5 Å². The van der Waals surface area contributed by atoms with Crippen LogP contribution in [0.25, 0.3) is 0 Å². The maximum atomic E-state index is 5.59. The molecule has 0 aromatic heterocycles. The number of nitrogens with two attached hydrogens (primary N) is 1. The van der Waals surface area contributed by atoms with Crippen molar-refractivity contribution in [2.45, 2.75) is 13.8 Å². The number of nitrogens with zero attached hydrogens (tertiary/aromatic N) is 1. The Morgan fingerprint density at radius 1 is 1.31 bits per heavy atom. The SMILES string of the molecule is CC(C)/C(N)=N\Oc1ccccc1. The Morgan fingerprint density at radius 2 is 1.92 bits per heavy atom. The normalized spacial score (nSPS) is 11.8. The van der Waals surface area contributed by atoms with Gasteiger partial charge in [-0.1, -0.05) is 37.2 Å². The fourth-order valence-electron chi connectivity index (χ4n) is 0.692. The Kier molecular flexibility index (Phi) is 3.31. The van der Waals surface area contributed by atoms with Crippen molar-refractivity contribution < 1.29 is 4.84 Å². The van der Waals surface area contributed by atoms with Crippen LogP contribution in [0, 0.1) is 5.92 Å². The topological polar surface area (TPSA) is 47.6 Å². The second-order valence-corrected chi connectivity index (χ2v) is 3.08. The number of para-hydroxylation sites is 1. The molecule has 13 heavy (non-hydrogen) atoms. The Hall–Kier alpha value is -1.51. The average molecular weight is 178 g/mol. The third-order valence-electron chi connectivity index (χ3n) is 1.59. The molecule has 0 unspecified atom stereocenters. The first kappa shape index (κ1) is 9.58. The standard InChI is InChI=1S/C10H14N2O/c1-8(2)10(11)12-13-9-6-4-3-5-7-9/h3-8H,1-2H3,(H2,11,12). The summed E-state index contributed by atoms with van der Waals surface area (Å²) in [6, 6.07) is 9.35. The maximum Gasteiger partial charge on any atom is 0.158 e. The van der Waals surface area contributed by atoms with Crippen molar-refractivity contribution in [2.75, 3.05) is 0 Å². The van der Waals surface area contributed by atoms with Crippen LogP contribution in [0.2, 0.25) is 0 Å². The quantitative estimate of drug-likeness (QED) is 0.437. The lowest BCUT2D eigenvalue weighted by molar-refractivity contribution is 0.337. The predicted octanol–water partition coefficient (Wildman–Crippen LogP) is 1.99. The Morgan fingerprint density at radius 3 is 2.46 bits per heavy atom. The lowest BCUT2D eigenvalue weighted by Gasteiger charge is -2.03. The number of rotatable bonds is 3. The fourth-order valence-corrected chi connectivity index (χ4v) is 0.692. The molecule has 1 rings (SSSR count). The van der Waals surface area contributed by atoms with Crippen molar-refractivity contribution in [2.24, 2.45) is 16.8 Å². The molecule has 2 N–H and O–H groups in total. The Bertz CT molecular complexity index is 280. The summed E-state index contributed by atoms with van der Waals surface area (Å²) in [5, 5.41) is 3.79. The van der Waals surface area contributed by atoms with Gasteiger partial charge < -0.3 is 10.6 Å². The molecule has 0 bridgehead atoms. The van der Waals surface area contributed by atoms with Crippen molar-refractivity contribution in [3.63, 3.8) is 0 Å². The van der Waals surface area contributed by atoms with E-state index in [1.807, 2.05) is 44.2 Å². The van der Waals surface area contributed by atoms with Gasteiger partial charge >= 0.3 is 0 Å². The van der Waals surface area contributed by atoms with Gasteiger partial charge in [0, 0.05) is 5.92 Å². The molecule has 3 nitrogen and oxygen atoms in total. The van der Waals surface area contributed by atoms with Crippen molar-refractivity contribution in [3.8, 4) is 5.75 Å². The van der Waals surface area contributed by atoms with Crippen LogP contribution in [-0.2, 0) is 0 Å². The average Bonchev–Trinajstić information content (AvgIpc) is 2.15. The van der Waals surface area contributed by atoms with Gasteiger partial charge in [0.15, 0.2) is 5.75 Å². The molecule has 3 heteroatoms. The summed E-state index contributed by atoms with van der Waals surface area (Å²) < 4.78 is 0.